The number of hydrogen-bond acceptors (Lipinski definition) is 4. The fourth-order valence-electron chi connectivity index (χ4n) is 1.71. The minimum Gasteiger partial charge on any atom is -0.369 e. The van der Waals surface area contributed by atoms with Crippen LogP contribution >= 0.6 is 11.6 Å². The molecular weight excluding hydrogens is 300 g/mol. The quantitative estimate of drug-likeness (QED) is 0.942. The molecule has 0 aliphatic heterocycles. The highest BCUT2D eigenvalue weighted by molar-refractivity contribution is 7.84. The van der Waals surface area contributed by atoms with Gasteiger partial charge in [0.05, 0.1) is 5.56 Å². The Morgan fingerprint density at radius 1 is 1.15 bits per heavy atom. The molecule has 20 heavy (non-hydrogen) atoms. The van der Waals surface area contributed by atoms with Gasteiger partial charge in [-0.1, -0.05) is 41.9 Å². The number of halogens is 1. The Morgan fingerprint density at radius 2 is 1.80 bits per heavy atom. The molecule has 7 heteroatoms. The van der Waals surface area contributed by atoms with Gasteiger partial charge in [0.1, 0.15) is 11.1 Å². The summed E-state index contributed by atoms with van der Waals surface area (Å²) < 4.78 is 26.4. The van der Waals surface area contributed by atoms with Gasteiger partial charge in [0.15, 0.2) is 5.75 Å². The summed E-state index contributed by atoms with van der Waals surface area (Å²) in [5.41, 5.74) is 1.49. The van der Waals surface area contributed by atoms with Crippen LogP contribution in [0.4, 0.5) is 0 Å². The predicted octanol–water partition coefficient (Wildman–Crippen LogP) is 2.46. The summed E-state index contributed by atoms with van der Waals surface area (Å²) in [6.45, 7) is 0. The van der Waals surface area contributed by atoms with Crippen LogP contribution in [0.2, 0.25) is 5.02 Å². The van der Waals surface area contributed by atoms with Crippen molar-refractivity contribution in [3.63, 3.8) is 0 Å². The lowest BCUT2D eigenvalue weighted by atomic mass is 10.00. The van der Waals surface area contributed by atoms with E-state index in [9.17, 15) is 13.7 Å². The normalized spacial score (nSPS) is 10.8. The lowest BCUT2D eigenvalue weighted by Gasteiger charge is -2.10. The summed E-state index contributed by atoms with van der Waals surface area (Å²) in [6.07, 6.45) is 0. The molecular formula is C13H9ClN2O3S. The van der Waals surface area contributed by atoms with E-state index in [-0.39, 0.29) is 16.3 Å². The fraction of sp³-hybridized carbons (Fsp3) is 0. The van der Waals surface area contributed by atoms with Crippen LogP contribution in [0.5, 0.6) is 5.75 Å². The van der Waals surface area contributed by atoms with Crippen LogP contribution in [-0.2, 0) is 10.3 Å². The number of benzene rings is 2. The number of nitrogens with zero attached hydrogens (tertiary/aromatic N) is 1. The zero-order valence-electron chi connectivity index (χ0n) is 10.1. The molecule has 0 aromatic heterocycles. The Kier molecular flexibility index (Phi) is 3.95. The number of nitriles is 1. The lowest BCUT2D eigenvalue weighted by molar-refractivity contribution is 0.488. The monoisotopic (exact) mass is 308 g/mol. The van der Waals surface area contributed by atoms with E-state index in [0.29, 0.717) is 5.56 Å². The first-order valence-electron chi connectivity index (χ1n) is 5.42. The van der Waals surface area contributed by atoms with Gasteiger partial charge < -0.3 is 4.18 Å². The van der Waals surface area contributed by atoms with Gasteiger partial charge in [0.2, 0.25) is 0 Å². The van der Waals surface area contributed by atoms with Crippen molar-refractivity contribution >= 4 is 21.9 Å². The zero-order valence-corrected chi connectivity index (χ0v) is 11.6. The summed E-state index contributed by atoms with van der Waals surface area (Å²) in [5, 5.41) is 13.9. The molecule has 2 aromatic rings. The van der Waals surface area contributed by atoms with Crippen molar-refractivity contribution in [2.45, 2.75) is 0 Å². The molecule has 2 N–H and O–H groups in total. The Hall–Kier alpha value is -2.07. The van der Waals surface area contributed by atoms with Gasteiger partial charge in [0.25, 0.3) is 0 Å². The Balaban J connectivity index is 2.59. The van der Waals surface area contributed by atoms with Crippen molar-refractivity contribution < 1.29 is 12.6 Å². The highest BCUT2D eigenvalue weighted by Gasteiger charge is 2.16. The van der Waals surface area contributed by atoms with E-state index in [1.807, 2.05) is 36.4 Å². The third-order valence-corrected chi connectivity index (χ3v) is 3.30. The maximum atomic E-state index is 10.9. The second-order valence-corrected chi connectivity index (χ2v) is 5.38. The highest BCUT2D eigenvalue weighted by Crippen LogP contribution is 2.35. The summed E-state index contributed by atoms with van der Waals surface area (Å²) in [5.74, 6) is -0.176. The van der Waals surface area contributed by atoms with Gasteiger partial charge >= 0.3 is 10.3 Å². The second-order valence-electron chi connectivity index (χ2n) is 3.85. The maximum Gasteiger partial charge on any atom is 0.380 e. The third kappa shape index (κ3) is 3.08. The van der Waals surface area contributed by atoms with Crippen molar-refractivity contribution in [2.24, 2.45) is 5.14 Å². The molecule has 0 saturated carbocycles. The van der Waals surface area contributed by atoms with Gasteiger partial charge in [-0.15, -0.1) is 0 Å². The van der Waals surface area contributed by atoms with E-state index in [1.54, 1.807) is 6.07 Å². The molecule has 0 bridgehead atoms. The molecule has 2 aromatic carbocycles. The molecule has 0 heterocycles. The van der Waals surface area contributed by atoms with Crippen LogP contribution in [-0.4, -0.2) is 8.42 Å². The average Bonchev–Trinajstić information content (AvgIpc) is 2.40. The Morgan fingerprint density at radius 3 is 2.35 bits per heavy atom. The van der Waals surface area contributed by atoms with Crippen LogP contribution in [0.1, 0.15) is 5.56 Å². The topological polar surface area (TPSA) is 93.2 Å². The van der Waals surface area contributed by atoms with Gasteiger partial charge in [-0.25, -0.2) is 0 Å². The van der Waals surface area contributed by atoms with Gasteiger partial charge in [-0.3, -0.25) is 0 Å². The maximum absolute atomic E-state index is 10.9. The molecule has 102 valence electrons. The van der Waals surface area contributed by atoms with E-state index < -0.39 is 10.3 Å². The minimum atomic E-state index is -4.20. The van der Waals surface area contributed by atoms with Crippen molar-refractivity contribution in [2.75, 3.05) is 0 Å². The van der Waals surface area contributed by atoms with Crippen molar-refractivity contribution in [1.82, 2.24) is 0 Å². The smallest absolute Gasteiger partial charge is 0.369 e. The van der Waals surface area contributed by atoms with E-state index in [1.165, 1.54) is 6.07 Å². The molecule has 0 fully saturated rings. The second kappa shape index (κ2) is 5.51. The van der Waals surface area contributed by atoms with E-state index in [4.69, 9.17) is 16.7 Å². The summed E-state index contributed by atoms with van der Waals surface area (Å²) in [7, 11) is -4.20. The first-order valence-corrected chi connectivity index (χ1v) is 7.27. The van der Waals surface area contributed by atoms with E-state index >= 15 is 0 Å². The van der Waals surface area contributed by atoms with Crippen LogP contribution in [0.25, 0.3) is 11.1 Å². The van der Waals surface area contributed by atoms with Crippen molar-refractivity contribution in [3.05, 3.63) is 53.1 Å². The van der Waals surface area contributed by atoms with E-state index in [0.717, 1.165) is 5.56 Å². The van der Waals surface area contributed by atoms with Crippen molar-refractivity contribution in [3.8, 4) is 22.9 Å². The molecule has 0 radical (unpaired) electrons. The van der Waals surface area contributed by atoms with E-state index in [2.05, 4.69) is 4.18 Å². The van der Waals surface area contributed by atoms with Crippen molar-refractivity contribution in [1.29, 1.82) is 5.26 Å². The van der Waals surface area contributed by atoms with Gasteiger partial charge in [0, 0.05) is 5.56 Å². The predicted molar refractivity (Wildman–Crippen MR) is 75.3 cm³/mol. The average molecular weight is 309 g/mol. The molecule has 5 nitrogen and oxygen atoms in total. The largest absolute Gasteiger partial charge is 0.380 e. The van der Waals surface area contributed by atoms with Crippen LogP contribution < -0.4 is 9.32 Å². The molecule has 0 aliphatic rings. The molecule has 0 amide bonds. The zero-order chi connectivity index (χ0) is 14.8. The number of nitrogens with two attached hydrogens (primary N) is 1. The Bertz CT molecular complexity index is 783. The molecule has 2 rings (SSSR count). The van der Waals surface area contributed by atoms with Crippen LogP contribution in [0.15, 0.2) is 42.5 Å². The summed E-state index contributed by atoms with van der Waals surface area (Å²) in [6, 6.07) is 14.0. The lowest BCUT2D eigenvalue weighted by Crippen LogP contribution is -2.19. The molecule has 0 saturated heterocycles. The first kappa shape index (κ1) is 14.3. The molecule has 0 unspecified atom stereocenters. The molecule has 0 spiro atoms. The summed E-state index contributed by atoms with van der Waals surface area (Å²) in [4.78, 5) is 0. The van der Waals surface area contributed by atoms with Gasteiger partial charge in [-0.05, 0) is 17.7 Å². The molecule has 0 atom stereocenters. The van der Waals surface area contributed by atoms with Crippen LogP contribution in [0, 0.1) is 11.3 Å². The van der Waals surface area contributed by atoms with Crippen LogP contribution in [0.3, 0.4) is 0 Å². The number of rotatable bonds is 3. The summed E-state index contributed by atoms with van der Waals surface area (Å²) >= 11 is 6.00. The van der Waals surface area contributed by atoms with Gasteiger partial charge in [-0.2, -0.15) is 18.8 Å². The number of hydrogen-bond donors (Lipinski definition) is 1. The SMILES string of the molecule is N#Cc1c(-c2ccccc2)ccc(OS(N)(=O)=O)c1Cl. The highest BCUT2D eigenvalue weighted by atomic mass is 35.5. The Labute approximate surface area is 121 Å². The molecule has 0 aliphatic carbocycles. The minimum absolute atomic E-state index is 0.0946. The third-order valence-electron chi connectivity index (χ3n) is 2.51. The fourth-order valence-corrected chi connectivity index (χ4v) is 2.39. The standard InChI is InChI=1S/C13H9ClN2O3S/c14-13-11(8-15)10(9-4-2-1-3-5-9)6-7-12(13)19-20(16,17)18/h1-7H,(H2,16,17,18). The first-order chi connectivity index (χ1) is 9.42.